The Kier molecular flexibility index (Phi) is 3.82. The monoisotopic (exact) mass is 219 g/mol. The second kappa shape index (κ2) is 4.92. The topological polar surface area (TPSA) is 37.4 Å². The van der Waals surface area contributed by atoms with Crippen LogP contribution in [-0.2, 0) is 4.79 Å². The zero-order valence-electron chi connectivity index (χ0n) is 10.2. The summed E-state index contributed by atoms with van der Waals surface area (Å²) in [5.41, 5.74) is 1.64. The first-order valence-corrected chi connectivity index (χ1v) is 5.32. The molecule has 3 nitrogen and oxygen atoms in total. The van der Waals surface area contributed by atoms with Gasteiger partial charge in [-0.25, -0.2) is 0 Å². The molecule has 0 radical (unpaired) electrons. The van der Waals surface area contributed by atoms with Crippen LogP contribution in [0.15, 0.2) is 24.3 Å². The summed E-state index contributed by atoms with van der Waals surface area (Å²) in [6, 6.07) is 7.20. The zero-order chi connectivity index (χ0) is 12.3. The predicted molar refractivity (Wildman–Crippen MR) is 63.1 cm³/mol. The lowest BCUT2D eigenvalue weighted by Crippen LogP contribution is -2.35. The van der Waals surface area contributed by atoms with E-state index < -0.39 is 0 Å². The molecule has 1 rings (SSSR count). The second-order valence-electron chi connectivity index (χ2n) is 4.22. The predicted octanol–water partition coefficient (Wildman–Crippen LogP) is 2.25. The van der Waals surface area contributed by atoms with E-state index in [1.54, 1.807) is 26.0 Å². The maximum atomic E-state index is 11.9. The summed E-state index contributed by atoms with van der Waals surface area (Å²) in [6.45, 7) is 5.51. The lowest BCUT2D eigenvalue weighted by molar-refractivity contribution is -0.130. The normalized spacial score (nSPS) is 10.3. The quantitative estimate of drug-likeness (QED) is 0.765. The number of rotatable bonds is 2. The lowest BCUT2D eigenvalue weighted by Gasteiger charge is -2.17. The van der Waals surface area contributed by atoms with E-state index in [0.29, 0.717) is 5.56 Å². The maximum Gasteiger partial charge on any atom is 0.260 e. The first-order valence-electron chi connectivity index (χ1n) is 5.32. The van der Waals surface area contributed by atoms with Crippen LogP contribution in [0.1, 0.15) is 29.8 Å². The van der Waals surface area contributed by atoms with Crippen molar-refractivity contribution in [2.24, 2.45) is 5.92 Å². The van der Waals surface area contributed by atoms with E-state index in [2.05, 4.69) is 0 Å². The van der Waals surface area contributed by atoms with Crippen LogP contribution in [0.3, 0.4) is 0 Å². The van der Waals surface area contributed by atoms with Crippen LogP contribution in [0.4, 0.5) is 0 Å². The van der Waals surface area contributed by atoms with E-state index in [9.17, 15) is 9.59 Å². The molecule has 0 aromatic heterocycles. The Labute approximate surface area is 96.1 Å². The van der Waals surface area contributed by atoms with Crippen LogP contribution in [0.2, 0.25) is 0 Å². The molecule has 16 heavy (non-hydrogen) atoms. The highest BCUT2D eigenvalue weighted by atomic mass is 16.2. The molecule has 0 saturated carbocycles. The Morgan fingerprint density at radius 1 is 1.12 bits per heavy atom. The van der Waals surface area contributed by atoms with Gasteiger partial charge in [0.05, 0.1) is 0 Å². The van der Waals surface area contributed by atoms with Gasteiger partial charge in [0, 0.05) is 18.5 Å². The van der Waals surface area contributed by atoms with Crippen molar-refractivity contribution in [3.8, 4) is 0 Å². The van der Waals surface area contributed by atoms with E-state index in [1.807, 2.05) is 19.1 Å². The third-order valence-corrected chi connectivity index (χ3v) is 2.43. The highest BCUT2D eigenvalue weighted by Gasteiger charge is 2.20. The number of carbonyl (C=O) groups excluding carboxylic acids is 2. The van der Waals surface area contributed by atoms with Crippen molar-refractivity contribution in [1.29, 1.82) is 0 Å². The largest absolute Gasteiger partial charge is 0.281 e. The van der Waals surface area contributed by atoms with Gasteiger partial charge in [0.2, 0.25) is 5.91 Å². The highest BCUT2D eigenvalue weighted by molar-refractivity contribution is 6.04. The molecular formula is C13H17NO2. The van der Waals surface area contributed by atoms with Gasteiger partial charge in [-0.15, -0.1) is 0 Å². The van der Waals surface area contributed by atoms with Crippen molar-refractivity contribution in [3.63, 3.8) is 0 Å². The molecule has 1 aromatic rings. The molecule has 3 heteroatoms. The molecule has 0 bridgehead atoms. The number of carbonyl (C=O) groups is 2. The molecule has 0 aliphatic rings. The Bertz CT molecular complexity index is 393. The minimum Gasteiger partial charge on any atom is -0.281 e. The fraction of sp³-hybridized carbons (Fsp3) is 0.385. The Hall–Kier alpha value is -1.64. The summed E-state index contributed by atoms with van der Waals surface area (Å²) in [4.78, 5) is 24.7. The van der Waals surface area contributed by atoms with Gasteiger partial charge in [-0.3, -0.25) is 14.5 Å². The van der Waals surface area contributed by atoms with Crippen LogP contribution >= 0.6 is 0 Å². The smallest absolute Gasteiger partial charge is 0.260 e. The van der Waals surface area contributed by atoms with Gasteiger partial charge in [0.1, 0.15) is 0 Å². The van der Waals surface area contributed by atoms with Gasteiger partial charge in [0.15, 0.2) is 0 Å². The third-order valence-electron chi connectivity index (χ3n) is 2.43. The summed E-state index contributed by atoms with van der Waals surface area (Å²) in [7, 11) is 1.52. The first kappa shape index (κ1) is 12.4. The van der Waals surface area contributed by atoms with Crippen LogP contribution < -0.4 is 0 Å². The molecule has 0 saturated heterocycles. The number of aryl methyl sites for hydroxylation is 1. The average molecular weight is 219 g/mol. The van der Waals surface area contributed by atoms with Crippen molar-refractivity contribution in [2.75, 3.05) is 7.05 Å². The molecule has 86 valence electrons. The van der Waals surface area contributed by atoms with Crippen molar-refractivity contribution >= 4 is 11.8 Å². The van der Waals surface area contributed by atoms with Gasteiger partial charge < -0.3 is 0 Å². The number of amides is 2. The van der Waals surface area contributed by atoms with Crippen molar-refractivity contribution in [3.05, 3.63) is 35.4 Å². The molecule has 0 aliphatic heterocycles. The Morgan fingerprint density at radius 3 is 2.06 bits per heavy atom. The number of benzene rings is 1. The Morgan fingerprint density at radius 2 is 1.62 bits per heavy atom. The molecule has 0 N–H and O–H groups in total. The van der Waals surface area contributed by atoms with Crippen LogP contribution in [-0.4, -0.2) is 23.8 Å². The Balaban J connectivity index is 2.86. The van der Waals surface area contributed by atoms with Gasteiger partial charge >= 0.3 is 0 Å². The standard InChI is InChI=1S/C13H17NO2/c1-9(2)12(15)14(4)13(16)11-7-5-10(3)6-8-11/h5-9H,1-4H3. The molecule has 1 aromatic carbocycles. The molecule has 2 amide bonds. The molecule has 0 fully saturated rings. The maximum absolute atomic E-state index is 11.9. The molecule has 0 atom stereocenters. The average Bonchev–Trinajstić information content (AvgIpc) is 2.27. The summed E-state index contributed by atoms with van der Waals surface area (Å²) in [5, 5.41) is 0. The number of imide groups is 1. The minimum absolute atomic E-state index is 0.162. The number of hydrogen-bond donors (Lipinski definition) is 0. The molecule has 0 aliphatic carbocycles. The van der Waals surface area contributed by atoms with E-state index >= 15 is 0 Å². The van der Waals surface area contributed by atoms with Crippen molar-refractivity contribution in [2.45, 2.75) is 20.8 Å². The van der Waals surface area contributed by atoms with Crippen molar-refractivity contribution < 1.29 is 9.59 Å². The highest BCUT2D eigenvalue weighted by Crippen LogP contribution is 2.08. The van der Waals surface area contributed by atoms with Crippen molar-refractivity contribution in [1.82, 2.24) is 4.90 Å². The van der Waals surface area contributed by atoms with E-state index in [0.717, 1.165) is 5.56 Å². The summed E-state index contributed by atoms with van der Waals surface area (Å²) in [6.07, 6.45) is 0. The molecule has 0 unspecified atom stereocenters. The van der Waals surface area contributed by atoms with Crippen LogP contribution in [0, 0.1) is 12.8 Å². The van der Waals surface area contributed by atoms with Gasteiger partial charge in [0.25, 0.3) is 5.91 Å². The van der Waals surface area contributed by atoms with E-state index in [4.69, 9.17) is 0 Å². The molecular weight excluding hydrogens is 202 g/mol. The van der Waals surface area contributed by atoms with Gasteiger partial charge in [-0.2, -0.15) is 0 Å². The fourth-order valence-electron chi connectivity index (χ4n) is 1.38. The third kappa shape index (κ3) is 2.69. The SMILES string of the molecule is Cc1ccc(C(=O)N(C)C(=O)C(C)C)cc1. The van der Waals surface area contributed by atoms with Gasteiger partial charge in [-0.05, 0) is 19.1 Å². The zero-order valence-corrected chi connectivity index (χ0v) is 10.2. The second-order valence-corrected chi connectivity index (χ2v) is 4.22. The lowest BCUT2D eigenvalue weighted by atomic mass is 10.1. The fourth-order valence-corrected chi connectivity index (χ4v) is 1.38. The minimum atomic E-state index is -0.251. The van der Waals surface area contributed by atoms with E-state index in [1.165, 1.54) is 11.9 Å². The van der Waals surface area contributed by atoms with E-state index in [-0.39, 0.29) is 17.7 Å². The summed E-state index contributed by atoms with van der Waals surface area (Å²) < 4.78 is 0. The summed E-state index contributed by atoms with van der Waals surface area (Å²) in [5.74, 6) is -0.580. The van der Waals surface area contributed by atoms with Crippen LogP contribution in [0.5, 0.6) is 0 Å². The number of nitrogens with zero attached hydrogens (tertiary/aromatic N) is 1. The van der Waals surface area contributed by atoms with Crippen LogP contribution in [0.25, 0.3) is 0 Å². The molecule has 0 spiro atoms. The summed E-state index contributed by atoms with van der Waals surface area (Å²) >= 11 is 0. The number of hydrogen-bond acceptors (Lipinski definition) is 2. The molecule has 0 heterocycles. The van der Waals surface area contributed by atoms with Gasteiger partial charge in [-0.1, -0.05) is 31.5 Å². The first-order chi connectivity index (χ1) is 7.43.